The van der Waals surface area contributed by atoms with Gasteiger partial charge in [0, 0.05) is 18.0 Å². The van der Waals surface area contributed by atoms with Crippen molar-refractivity contribution in [2.24, 2.45) is 0 Å². The second-order valence-electron chi connectivity index (χ2n) is 6.71. The molecule has 1 aliphatic carbocycles. The molecule has 3 aromatic heterocycles. The van der Waals surface area contributed by atoms with Gasteiger partial charge in [0.1, 0.15) is 11.7 Å². The Morgan fingerprint density at radius 3 is 2.83 bits per heavy atom. The summed E-state index contributed by atoms with van der Waals surface area (Å²) in [5.74, 6) is -0.0428. The van der Waals surface area contributed by atoms with Crippen LogP contribution in [0.4, 0.5) is 11.6 Å². The molecule has 2 N–H and O–H groups in total. The van der Waals surface area contributed by atoms with Gasteiger partial charge in [-0.1, -0.05) is 11.6 Å². The zero-order valence-corrected chi connectivity index (χ0v) is 16.3. The third-order valence-corrected chi connectivity index (χ3v) is 4.61. The number of carbonyl (C=O) groups excluding carboxylic acids is 1. The third-order valence-electron chi connectivity index (χ3n) is 4.33. The van der Waals surface area contributed by atoms with Crippen molar-refractivity contribution in [1.29, 1.82) is 5.26 Å². The van der Waals surface area contributed by atoms with Crippen LogP contribution < -0.4 is 10.6 Å². The van der Waals surface area contributed by atoms with E-state index < -0.39 is 11.9 Å². The molecule has 9 nitrogen and oxygen atoms in total. The van der Waals surface area contributed by atoms with E-state index >= 15 is 0 Å². The highest BCUT2D eigenvalue weighted by molar-refractivity contribution is 6.32. The van der Waals surface area contributed by atoms with Crippen LogP contribution >= 0.6 is 11.6 Å². The molecule has 0 aliphatic heterocycles. The molecule has 0 aromatic carbocycles. The molecule has 1 fully saturated rings. The van der Waals surface area contributed by atoms with E-state index in [2.05, 4.69) is 30.7 Å². The lowest BCUT2D eigenvalue weighted by atomic mass is 10.2. The average Bonchev–Trinajstić information content (AvgIpc) is 3.48. The highest BCUT2D eigenvalue weighted by atomic mass is 35.5. The summed E-state index contributed by atoms with van der Waals surface area (Å²) >= 11 is 6.27. The average molecular weight is 409 g/mol. The first kappa shape index (κ1) is 18.8. The Morgan fingerprint density at radius 1 is 1.31 bits per heavy atom. The van der Waals surface area contributed by atoms with Crippen LogP contribution in [-0.2, 0) is 0 Å². The molecule has 0 saturated heterocycles. The number of nitrogens with one attached hydrogen (secondary N) is 2. The Hall–Kier alpha value is -3.51. The number of nitriles is 1. The standard InChI is InChI=1S/C19H17ClN8O/c1-11(6-21)25-18(29)16-5-2-12(7-22-16)17-15(20)9-23-19(27-17)26-13-8-24-28(10-13)14-3-4-14/h2,5,7-11,14H,3-4H2,1H3,(H,25,29)(H,23,26,27). The minimum Gasteiger partial charge on any atom is -0.335 e. The number of hydrogen-bond donors (Lipinski definition) is 2. The van der Waals surface area contributed by atoms with Crippen LogP contribution in [-0.4, -0.2) is 36.7 Å². The molecule has 1 aliphatic rings. The summed E-state index contributed by atoms with van der Waals surface area (Å²) in [5, 5.41) is 19.1. The number of nitrogens with zero attached hydrogens (tertiary/aromatic N) is 6. The summed E-state index contributed by atoms with van der Waals surface area (Å²) in [6.45, 7) is 1.59. The molecule has 3 heterocycles. The summed E-state index contributed by atoms with van der Waals surface area (Å²) in [4.78, 5) is 24.9. The maximum absolute atomic E-state index is 12.0. The first-order valence-corrected chi connectivity index (χ1v) is 9.42. The fraction of sp³-hybridized carbons (Fsp3) is 0.263. The van der Waals surface area contributed by atoms with Gasteiger partial charge in [-0.15, -0.1) is 0 Å². The zero-order chi connectivity index (χ0) is 20.4. The van der Waals surface area contributed by atoms with Gasteiger partial charge in [0.2, 0.25) is 5.95 Å². The predicted molar refractivity (Wildman–Crippen MR) is 107 cm³/mol. The second-order valence-corrected chi connectivity index (χ2v) is 7.12. The quantitative estimate of drug-likeness (QED) is 0.642. The molecular formula is C19H17ClN8O. The normalized spacial score (nSPS) is 14.1. The Labute approximate surface area is 171 Å². The molecular weight excluding hydrogens is 392 g/mol. The molecule has 1 unspecified atom stereocenters. The third kappa shape index (κ3) is 4.33. The highest BCUT2D eigenvalue weighted by Gasteiger charge is 2.24. The van der Waals surface area contributed by atoms with Crippen molar-refractivity contribution in [3.05, 3.63) is 47.6 Å². The molecule has 1 saturated carbocycles. The van der Waals surface area contributed by atoms with Crippen molar-refractivity contribution in [2.45, 2.75) is 31.8 Å². The minimum absolute atomic E-state index is 0.201. The van der Waals surface area contributed by atoms with Crippen molar-refractivity contribution < 1.29 is 4.79 Å². The Bertz CT molecular complexity index is 1080. The molecule has 1 amide bonds. The molecule has 4 rings (SSSR count). The van der Waals surface area contributed by atoms with Crippen LogP contribution in [0.25, 0.3) is 11.3 Å². The van der Waals surface area contributed by atoms with Gasteiger partial charge in [0.05, 0.1) is 40.9 Å². The number of carbonyl (C=O) groups is 1. The molecule has 3 aromatic rings. The van der Waals surface area contributed by atoms with E-state index in [1.54, 1.807) is 25.3 Å². The first-order chi connectivity index (χ1) is 14.0. The van der Waals surface area contributed by atoms with Crippen LogP contribution in [0, 0.1) is 11.3 Å². The predicted octanol–water partition coefficient (Wildman–Crippen LogP) is 3.11. The van der Waals surface area contributed by atoms with Crippen molar-refractivity contribution in [1.82, 2.24) is 30.0 Å². The van der Waals surface area contributed by atoms with Gasteiger partial charge in [-0.25, -0.2) is 9.97 Å². The fourth-order valence-electron chi connectivity index (χ4n) is 2.67. The smallest absolute Gasteiger partial charge is 0.270 e. The van der Waals surface area contributed by atoms with Gasteiger partial charge < -0.3 is 10.6 Å². The van der Waals surface area contributed by atoms with E-state index in [1.807, 2.05) is 16.9 Å². The number of rotatable bonds is 6. The van der Waals surface area contributed by atoms with E-state index in [0.717, 1.165) is 18.5 Å². The highest BCUT2D eigenvalue weighted by Crippen LogP contribution is 2.35. The number of hydrogen-bond acceptors (Lipinski definition) is 7. The first-order valence-electron chi connectivity index (χ1n) is 9.04. The SMILES string of the molecule is CC(C#N)NC(=O)c1ccc(-c2nc(Nc3cnn(C4CC4)c3)ncc2Cl)cn1. The lowest BCUT2D eigenvalue weighted by Crippen LogP contribution is -2.31. The Kier molecular flexibility index (Phi) is 5.10. The fourth-order valence-corrected chi connectivity index (χ4v) is 2.87. The number of amides is 1. The van der Waals surface area contributed by atoms with E-state index in [4.69, 9.17) is 16.9 Å². The number of anilines is 2. The van der Waals surface area contributed by atoms with Crippen LogP contribution in [0.1, 0.15) is 36.3 Å². The van der Waals surface area contributed by atoms with Crippen LogP contribution in [0.15, 0.2) is 36.9 Å². The van der Waals surface area contributed by atoms with E-state index in [-0.39, 0.29) is 5.69 Å². The summed E-state index contributed by atoms with van der Waals surface area (Å²) in [5.41, 5.74) is 2.12. The Balaban J connectivity index is 1.52. The monoisotopic (exact) mass is 408 g/mol. The van der Waals surface area contributed by atoms with Gasteiger partial charge in [0.15, 0.2) is 0 Å². The second kappa shape index (κ2) is 7.85. The lowest BCUT2D eigenvalue weighted by molar-refractivity contribution is 0.0943. The molecule has 0 bridgehead atoms. The molecule has 0 spiro atoms. The Morgan fingerprint density at radius 2 is 2.14 bits per heavy atom. The number of halogens is 1. The van der Waals surface area contributed by atoms with E-state index in [1.165, 1.54) is 12.4 Å². The van der Waals surface area contributed by atoms with Gasteiger partial charge in [-0.3, -0.25) is 14.5 Å². The van der Waals surface area contributed by atoms with Gasteiger partial charge in [-0.05, 0) is 31.9 Å². The summed E-state index contributed by atoms with van der Waals surface area (Å²) in [7, 11) is 0. The molecule has 29 heavy (non-hydrogen) atoms. The van der Waals surface area contributed by atoms with Crippen molar-refractivity contribution in [3.63, 3.8) is 0 Å². The molecule has 10 heteroatoms. The maximum Gasteiger partial charge on any atom is 0.270 e. The lowest BCUT2D eigenvalue weighted by Gasteiger charge is -2.08. The van der Waals surface area contributed by atoms with Crippen molar-refractivity contribution in [2.75, 3.05) is 5.32 Å². The summed E-state index contributed by atoms with van der Waals surface area (Å²) in [6.07, 6.45) is 8.97. The zero-order valence-electron chi connectivity index (χ0n) is 15.5. The largest absolute Gasteiger partial charge is 0.335 e. The van der Waals surface area contributed by atoms with Crippen LogP contribution in [0.5, 0.6) is 0 Å². The minimum atomic E-state index is -0.599. The summed E-state index contributed by atoms with van der Waals surface area (Å²) in [6, 6.07) is 5.08. The van der Waals surface area contributed by atoms with Crippen LogP contribution in [0.2, 0.25) is 5.02 Å². The summed E-state index contributed by atoms with van der Waals surface area (Å²) < 4.78 is 1.93. The molecule has 0 radical (unpaired) electrons. The van der Waals surface area contributed by atoms with E-state index in [9.17, 15) is 4.79 Å². The van der Waals surface area contributed by atoms with Gasteiger partial charge >= 0.3 is 0 Å². The number of pyridine rings is 1. The molecule has 146 valence electrons. The van der Waals surface area contributed by atoms with E-state index in [0.29, 0.717) is 28.3 Å². The van der Waals surface area contributed by atoms with Gasteiger partial charge in [0.25, 0.3) is 5.91 Å². The van der Waals surface area contributed by atoms with Gasteiger partial charge in [-0.2, -0.15) is 10.4 Å². The maximum atomic E-state index is 12.0. The van der Waals surface area contributed by atoms with Crippen LogP contribution in [0.3, 0.4) is 0 Å². The topological polar surface area (TPSA) is 121 Å². The number of aromatic nitrogens is 5. The van der Waals surface area contributed by atoms with Crippen molar-refractivity contribution >= 4 is 29.1 Å². The van der Waals surface area contributed by atoms with Crippen molar-refractivity contribution in [3.8, 4) is 17.3 Å². The molecule has 1 atom stereocenters.